The number of benzene rings is 1. The van der Waals surface area contributed by atoms with Crippen molar-refractivity contribution in [3.63, 3.8) is 0 Å². The largest absolute Gasteiger partial charge is 0.361 e. The highest BCUT2D eigenvalue weighted by atomic mass is 16.1. The zero-order valence-corrected chi connectivity index (χ0v) is 14.5. The smallest absolute Gasteiger partial charge is 0.225 e. The van der Waals surface area contributed by atoms with Crippen molar-refractivity contribution in [2.75, 3.05) is 5.32 Å². The molecule has 0 aliphatic carbocycles. The fourth-order valence-electron chi connectivity index (χ4n) is 3.27. The number of aromatic nitrogens is 5. The van der Waals surface area contributed by atoms with Crippen LogP contribution in [0.25, 0.3) is 21.9 Å². The highest BCUT2D eigenvalue weighted by Crippen LogP contribution is 2.24. The predicted molar refractivity (Wildman–Crippen MR) is 97.6 cm³/mol. The molecule has 0 radical (unpaired) electrons. The first-order valence-electron chi connectivity index (χ1n) is 8.27. The number of carbonyl (C=O) groups is 1. The molecule has 0 unspecified atom stereocenters. The van der Waals surface area contributed by atoms with Gasteiger partial charge in [-0.05, 0) is 38.0 Å². The van der Waals surface area contributed by atoms with Crippen LogP contribution in [0.5, 0.6) is 0 Å². The van der Waals surface area contributed by atoms with Crippen molar-refractivity contribution < 1.29 is 4.79 Å². The Morgan fingerprint density at radius 1 is 1.32 bits per heavy atom. The average molecular weight is 336 g/mol. The molecule has 0 aliphatic heterocycles. The molecule has 0 spiro atoms. The second-order valence-electron chi connectivity index (χ2n) is 6.42. The Kier molecular flexibility index (Phi) is 3.56. The van der Waals surface area contributed by atoms with Gasteiger partial charge in [-0.1, -0.05) is 11.6 Å². The Labute approximate surface area is 144 Å². The molecule has 3 N–H and O–H groups in total. The van der Waals surface area contributed by atoms with E-state index in [4.69, 9.17) is 0 Å². The molecule has 0 atom stereocenters. The van der Waals surface area contributed by atoms with Crippen LogP contribution in [0.2, 0.25) is 0 Å². The van der Waals surface area contributed by atoms with Crippen LogP contribution < -0.4 is 5.32 Å². The minimum absolute atomic E-state index is 0.0455. The van der Waals surface area contributed by atoms with Gasteiger partial charge in [0.15, 0.2) is 5.65 Å². The summed E-state index contributed by atoms with van der Waals surface area (Å²) in [5, 5.41) is 16.4. The molecule has 7 nitrogen and oxygen atoms in total. The molecule has 0 aliphatic rings. The molecule has 7 heteroatoms. The number of H-pyrrole nitrogens is 2. The molecule has 1 aromatic carbocycles. The van der Waals surface area contributed by atoms with Gasteiger partial charge in [0.05, 0.1) is 11.1 Å². The molecule has 4 rings (SSSR count). The maximum absolute atomic E-state index is 12.4. The lowest BCUT2D eigenvalue weighted by molar-refractivity contribution is -0.116. The number of hydrogen-bond acceptors (Lipinski definition) is 3. The number of nitrogens with zero attached hydrogens (tertiary/aromatic N) is 3. The van der Waals surface area contributed by atoms with Gasteiger partial charge in [-0.25, -0.2) is 4.68 Å². The Balaban J connectivity index is 1.49. The van der Waals surface area contributed by atoms with Gasteiger partial charge in [-0.15, -0.1) is 0 Å². The van der Waals surface area contributed by atoms with Gasteiger partial charge in [0.1, 0.15) is 5.82 Å². The van der Waals surface area contributed by atoms with Crippen LogP contribution >= 0.6 is 0 Å². The van der Waals surface area contributed by atoms with E-state index < -0.39 is 0 Å². The third-order valence-corrected chi connectivity index (χ3v) is 4.52. The van der Waals surface area contributed by atoms with Crippen LogP contribution in [-0.4, -0.2) is 30.9 Å². The highest BCUT2D eigenvalue weighted by Gasteiger charge is 2.15. The molecule has 25 heavy (non-hydrogen) atoms. The fourth-order valence-corrected chi connectivity index (χ4v) is 3.27. The standard InChI is InChI=1S/C18H20N6O/c1-10-4-6-14-13(8-10)12(9-19-14)5-7-15(25)20-17-16-11(2)23-24(3)18(16)22-21-17/h4,6,8-9,19H,5,7H2,1-3H3,(H2,20,21,22,25). The maximum Gasteiger partial charge on any atom is 0.225 e. The van der Waals surface area contributed by atoms with Gasteiger partial charge >= 0.3 is 0 Å². The molecule has 4 aromatic rings. The fraction of sp³-hybridized carbons (Fsp3) is 0.278. The number of aromatic amines is 2. The summed E-state index contributed by atoms with van der Waals surface area (Å²) in [6, 6.07) is 6.30. The summed E-state index contributed by atoms with van der Waals surface area (Å²) in [6.07, 6.45) is 3.07. The van der Waals surface area contributed by atoms with Gasteiger partial charge in [0, 0.05) is 30.6 Å². The lowest BCUT2D eigenvalue weighted by Gasteiger charge is -2.03. The van der Waals surface area contributed by atoms with E-state index in [0.29, 0.717) is 18.7 Å². The van der Waals surface area contributed by atoms with Crippen LogP contribution in [0, 0.1) is 13.8 Å². The van der Waals surface area contributed by atoms with E-state index in [0.717, 1.165) is 27.8 Å². The zero-order chi connectivity index (χ0) is 17.6. The first kappa shape index (κ1) is 15.4. The van der Waals surface area contributed by atoms with E-state index in [2.05, 4.69) is 50.7 Å². The average Bonchev–Trinajstić information content (AvgIpc) is 3.23. The lowest BCUT2D eigenvalue weighted by Crippen LogP contribution is -2.13. The SMILES string of the molecule is Cc1ccc2[nH]cc(CCC(=O)Nc3[nH]nc4c3c(C)nn4C)c2c1. The highest BCUT2D eigenvalue weighted by molar-refractivity contribution is 6.00. The molecular weight excluding hydrogens is 316 g/mol. The summed E-state index contributed by atoms with van der Waals surface area (Å²) in [5.74, 6) is 0.566. The van der Waals surface area contributed by atoms with Crippen LogP contribution in [0.1, 0.15) is 23.2 Å². The monoisotopic (exact) mass is 336 g/mol. The first-order chi connectivity index (χ1) is 12.0. The number of rotatable bonds is 4. The number of hydrogen-bond donors (Lipinski definition) is 3. The topological polar surface area (TPSA) is 91.4 Å². The van der Waals surface area contributed by atoms with E-state index in [1.807, 2.05) is 20.2 Å². The summed E-state index contributed by atoms with van der Waals surface area (Å²) in [5.41, 5.74) is 5.04. The quantitative estimate of drug-likeness (QED) is 0.535. The predicted octanol–water partition coefficient (Wildman–Crippen LogP) is 2.97. The van der Waals surface area contributed by atoms with Crippen LogP contribution in [0.4, 0.5) is 5.82 Å². The van der Waals surface area contributed by atoms with E-state index in [1.165, 1.54) is 10.9 Å². The first-order valence-corrected chi connectivity index (χ1v) is 8.27. The van der Waals surface area contributed by atoms with Crippen molar-refractivity contribution in [2.24, 2.45) is 7.05 Å². The van der Waals surface area contributed by atoms with Crippen molar-refractivity contribution in [1.29, 1.82) is 0 Å². The number of fused-ring (bicyclic) bond motifs is 2. The Morgan fingerprint density at radius 3 is 3.00 bits per heavy atom. The molecule has 0 saturated heterocycles. The van der Waals surface area contributed by atoms with Crippen LogP contribution in [0.3, 0.4) is 0 Å². The number of nitrogens with one attached hydrogen (secondary N) is 3. The third kappa shape index (κ3) is 2.67. The van der Waals surface area contributed by atoms with Crippen LogP contribution in [-0.2, 0) is 18.3 Å². The summed E-state index contributed by atoms with van der Waals surface area (Å²) >= 11 is 0. The molecule has 0 fully saturated rings. The van der Waals surface area contributed by atoms with Gasteiger partial charge in [0.25, 0.3) is 0 Å². The van der Waals surface area contributed by atoms with E-state index in [-0.39, 0.29) is 5.91 Å². The zero-order valence-electron chi connectivity index (χ0n) is 14.5. The lowest BCUT2D eigenvalue weighted by atomic mass is 10.1. The summed E-state index contributed by atoms with van der Waals surface area (Å²) in [7, 11) is 1.83. The Morgan fingerprint density at radius 2 is 2.16 bits per heavy atom. The normalized spacial score (nSPS) is 11.5. The minimum Gasteiger partial charge on any atom is -0.361 e. The number of carbonyl (C=O) groups excluding carboxylic acids is 1. The van der Waals surface area contributed by atoms with E-state index >= 15 is 0 Å². The second-order valence-corrected chi connectivity index (χ2v) is 6.42. The minimum atomic E-state index is -0.0455. The third-order valence-electron chi connectivity index (χ3n) is 4.52. The summed E-state index contributed by atoms with van der Waals surface area (Å²) in [6.45, 7) is 3.98. The van der Waals surface area contributed by atoms with Crippen molar-refractivity contribution in [3.05, 3.63) is 41.2 Å². The van der Waals surface area contributed by atoms with Crippen molar-refractivity contribution in [2.45, 2.75) is 26.7 Å². The number of amides is 1. The maximum atomic E-state index is 12.4. The number of anilines is 1. The van der Waals surface area contributed by atoms with Gasteiger partial charge in [0.2, 0.25) is 5.91 Å². The second kappa shape index (κ2) is 5.77. The molecule has 128 valence electrons. The van der Waals surface area contributed by atoms with Crippen molar-refractivity contribution in [1.82, 2.24) is 25.0 Å². The Bertz CT molecular complexity index is 1080. The molecule has 0 saturated carbocycles. The van der Waals surface area contributed by atoms with Crippen LogP contribution in [0.15, 0.2) is 24.4 Å². The van der Waals surface area contributed by atoms with Gasteiger partial charge in [-0.2, -0.15) is 10.2 Å². The molecule has 0 bridgehead atoms. The summed E-state index contributed by atoms with van der Waals surface area (Å²) in [4.78, 5) is 15.6. The molecule has 3 heterocycles. The molecule has 1 amide bonds. The number of aryl methyl sites for hydroxylation is 4. The van der Waals surface area contributed by atoms with E-state index in [1.54, 1.807) is 4.68 Å². The van der Waals surface area contributed by atoms with Crippen molar-refractivity contribution in [3.8, 4) is 0 Å². The molecule has 3 aromatic heterocycles. The van der Waals surface area contributed by atoms with Gasteiger partial charge in [-0.3, -0.25) is 9.89 Å². The van der Waals surface area contributed by atoms with Gasteiger partial charge < -0.3 is 10.3 Å². The Hall–Kier alpha value is -3.09. The summed E-state index contributed by atoms with van der Waals surface area (Å²) < 4.78 is 1.70. The van der Waals surface area contributed by atoms with E-state index in [9.17, 15) is 4.79 Å². The molecular formula is C18H20N6O. The van der Waals surface area contributed by atoms with Crippen molar-refractivity contribution >= 4 is 33.7 Å².